The molecule has 0 aliphatic carbocycles. The lowest BCUT2D eigenvalue weighted by Gasteiger charge is -2.10. The van der Waals surface area contributed by atoms with Crippen LogP contribution in [0.2, 0.25) is 0 Å². The Morgan fingerprint density at radius 2 is 1.87 bits per heavy atom. The molecule has 4 rings (SSSR count). The molecule has 0 saturated heterocycles. The van der Waals surface area contributed by atoms with E-state index in [9.17, 15) is 18.0 Å². The average Bonchev–Trinajstić information content (AvgIpc) is 3.17. The van der Waals surface area contributed by atoms with Crippen molar-refractivity contribution in [2.75, 3.05) is 12.4 Å². The SMILES string of the molecule is COc1ccc2nc(-c3cccc(NC(=O)c4cccc(C(F)(F)F)c4)c3)cn2n1. The van der Waals surface area contributed by atoms with Crippen LogP contribution < -0.4 is 10.1 Å². The molecule has 152 valence electrons. The minimum Gasteiger partial charge on any atom is -0.480 e. The van der Waals surface area contributed by atoms with Crippen molar-refractivity contribution in [2.45, 2.75) is 6.18 Å². The number of imidazole rings is 1. The van der Waals surface area contributed by atoms with Crippen LogP contribution in [0.3, 0.4) is 0 Å². The molecule has 0 unspecified atom stereocenters. The van der Waals surface area contributed by atoms with Gasteiger partial charge in [0.2, 0.25) is 5.88 Å². The molecule has 0 aliphatic heterocycles. The fourth-order valence-corrected chi connectivity index (χ4v) is 2.91. The molecular weight excluding hydrogens is 397 g/mol. The first kappa shape index (κ1) is 19.4. The highest BCUT2D eigenvalue weighted by Crippen LogP contribution is 2.30. The maximum absolute atomic E-state index is 12.9. The average molecular weight is 412 g/mol. The third kappa shape index (κ3) is 3.95. The second-order valence-electron chi connectivity index (χ2n) is 6.42. The van der Waals surface area contributed by atoms with Crippen LogP contribution in [0.25, 0.3) is 16.9 Å². The van der Waals surface area contributed by atoms with Crippen molar-refractivity contribution in [3.8, 4) is 17.1 Å². The Bertz CT molecular complexity index is 1230. The Hall–Kier alpha value is -3.88. The molecule has 0 radical (unpaired) electrons. The second-order valence-corrected chi connectivity index (χ2v) is 6.42. The van der Waals surface area contributed by atoms with Crippen molar-refractivity contribution >= 4 is 17.2 Å². The third-order valence-electron chi connectivity index (χ3n) is 4.37. The fraction of sp³-hybridized carbons (Fsp3) is 0.0952. The van der Waals surface area contributed by atoms with Crippen LogP contribution in [0.5, 0.6) is 5.88 Å². The highest BCUT2D eigenvalue weighted by atomic mass is 19.4. The molecule has 1 amide bonds. The number of benzene rings is 2. The van der Waals surface area contributed by atoms with Gasteiger partial charge in [0.25, 0.3) is 5.91 Å². The summed E-state index contributed by atoms with van der Waals surface area (Å²) < 4.78 is 45.3. The quantitative estimate of drug-likeness (QED) is 0.529. The van der Waals surface area contributed by atoms with Crippen molar-refractivity contribution in [3.05, 3.63) is 78.0 Å². The number of anilines is 1. The number of methoxy groups -OCH3 is 1. The molecule has 6 nitrogen and oxygen atoms in total. The van der Waals surface area contributed by atoms with Crippen molar-refractivity contribution in [3.63, 3.8) is 0 Å². The van der Waals surface area contributed by atoms with Gasteiger partial charge in [0.05, 0.1) is 24.6 Å². The van der Waals surface area contributed by atoms with Crippen LogP contribution in [-0.4, -0.2) is 27.6 Å². The first-order chi connectivity index (χ1) is 14.3. The zero-order valence-electron chi connectivity index (χ0n) is 15.6. The molecule has 0 aliphatic rings. The number of carbonyl (C=O) groups is 1. The molecule has 0 saturated carbocycles. The monoisotopic (exact) mass is 412 g/mol. The normalized spacial score (nSPS) is 11.5. The molecule has 30 heavy (non-hydrogen) atoms. The minimum absolute atomic E-state index is 0.0840. The summed E-state index contributed by atoms with van der Waals surface area (Å²) in [6.07, 6.45) is -2.80. The van der Waals surface area contributed by atoms with Crippen LogP contribution in [-0.2, 0) is 6.18 Å². The molecule has 0 atom stereocenters. The molecule has 0 bridgehead atoms. The summed E-state index contributed by atoms with van der Waals surface area (Å²) in [5, 5.41) is 6.87. The largest absolute Gasteiger partial charge is 0.480 e. The number of amides is 1. The minimum atomic E-state index is -4.52. The van der Waals surface area contributed by atoms with E-state index in [4.69, 9.17) is 4.74 Å². The fourth-order valence-electron chi connectivity index (χ4n) is 2.91. The summed E-state index contributed by atoms with van der Waals surface area (Å²) in [6.45, 7) is 0. The smallest absolute Gasteiger partial charge is 0.416 e. The number of fused-ring (bicyclic) bond motifs is 1. The number of hydrogen-bond donors (Lipinski definition) is 1. The maximum atomic E-state index is 12.9. The summed E-state index contributed by atoms with van der Waals surface area (Å²) >= 11 is 0. The van der Waals surface area contributed by atoms with Crippen LogP contribution in [0.4, 0.5) is 18.9 Å². The summed E-state index contributed by atoms with van der Waals surface area (Å²) in [7, 11) is 1.52. The number of alkyl halides is 3. The number of rotatable bonds is 4. The van der Waals surface area contributed by atoms with E-state index in [1.54, 1.807) is 47.1 Å². The molecule has 0 fully saturated rings. The Morgan fingerprint density at radius 3 is 2.63 bits per heavy atom. The summed E-state index contributed by atoms with van der Waals surface area (Å²) in [6, 6.07) is 14.6. The van der Waals surface area contributed by atoms with Gasteiger partial charge in [-0.15, -0.1) is 5.10 Å². The van der Waals surface area contributed by atoms with Crippen molar-refractivity contribution < 1.29 is 22.7 Å². The van der Waals surface area contributed by atoms with Gasteiger partial charge in [0.1, 0.15) is 0 Å². The van der Waals surface area contributed by atoms with E-state index in [0.717, 1.165) is 12.1 Å². The van der Waals surface area contributed by atoms with Gasteiger partial charge in [-0.25, -0.2) is 9.50 Å². The number of aromatic nitrogens is 3. The summed E-state index contributed by atoms with van der Waals surface area (Å²) in [5.74, 6) is -0.201. The predicted octanol–water partition coefficient (Wildman–Crippen LogP) is 4.68. The maximum Gasteiger partial charge on any atom is 0.416 e. The lowest BCUT2D eigenvalue weighted by molar-refractivity contribution is -0.137. The number of ether oxygens (including phenoxy) is 1. The summed E-state index contributed by atoms with van der Waals surface area (Å²) in [4.78, 5) is 16.9. The van der Waals surface area contributed by atoms with E-state index in [0.29, 0.717) is 28.5 Å². The van der Waals surface area contributed by atoms with Gasteiger partial charge in [-0.05, 0) is 36.4 Å². The zero-order valence-corrected chi connectivity index (χ0v) is 15.6. The standard InChI is InChI=1S/C21H15F3N4O2/c1-30-19-9-8-18-26-17(12-28(18)27-19)13-4-3-7-16(11-13)25-20(29)14-5-2-6-15(10-14)21(22,23)24/h2-12H,1H3,(H,25,29). The summed E-state index contributed by atoms with van der Waals surface area (Å²) in [5.41, 5.74) is 1.41. The van der Waals surface area contributed by atoms with Crippen LogP contribution in [0.1, 0.15) is 15.9 Å². The van der Waals surface area contributed by atoms with Crippen LogP contribution in [0, 0.1) is 0 Å². The number of hydrogen-bond acceptors (Lipinski definition) is 4. The molecule has 4 aromatic rings. The van der Waals surface area contributed by atoms with Gasteiger partial charge in [-0.1, -0.05) is 18.2 Å². The van der Waals surface area contributed by atoms with E-state index in [-0.39, 0.29) is 5.56 Å². The first-order valence-corrected chi connectivity index (χ1v) is 8.83. The molecule has 2 aromatic carbocycles. The van der Waals surface area contributed by atoms with E-state index >= 15 is 0 Å². The Labute approximate surface area is 168 Å². The van der Waals surface area contributed by atoms with Gasteiger partial charge in [0, 0.05) is 22.9 Å². The topological polar surface area (TPSA) is 68.5 Å². The van der Waals surface area contributed by atoms with E-state index < -0.39 is 17.6 Å². The number of nitrogens with one attached hydrogen (secondary N) is 1. The van der Waals surface area contributed by atoms with E-state index in [1.165, 1.54) is 19.2 Å². The van der Waals surface area contributed by atoms with Gasteiger partial charge < -0.3 is 10.1 Å². The first-order valence-electron chi connectivity index (χ1n) is 8.83. The number of nitrogens with zero attached hydrogens (tertiary/aromatic N) is 3. The van der Waals surface area contributed by atoms with E-state index in [2.05, 4.69) is 15.4 Å². The Kier molecular flexibility index (Phi) is 4.86. The molecule has 1 N–H and O–H groups in total. The lowest BCUT2D eigenvalue weighted by atomic mass is 10.1. The van der Waals surface area contributed by atoms with Gasteiger partial charge in [-0.3, -0.25) is 4.79 Å². The zero-order chi connectivity index (χ0) is 21.3. The van der Waals surface area contributed by atoms with Gasteiger partial charge >= 0.3 is 6.18 Å². The van der Waals surface area contributed by atoms with Crippen LogP contribution >= 0.6 is 0 Å². The van der Waals surface area contributed by atoms with Gasteiger partial charge in [0.15, 0.2) is 5.65 Å². The highest BCUT2D eigenvalue weighted by Gasteiger charge is 2.30. The lowest BCUT2D eigenvalue weighted by Crippen LogP contribution is -2.13. The van der Waals surface area contributed by atoms with E-state index in [1.807, 2.05) is 0 Å². The molecule has 2 aromatic heterocycles. The molecule has 2 heterocycles. The van der Waals surface area contributed by atoms with Gasteiger partial charge in [-0.2, -0.15) is 13.2 Å². The Balaban J connectivity index is 1.59. The predicted molar refractivity (Wildman–Crippen MR) is 104 cm³/mol. The third-order valence-corrected chi connectivity index (χ3v) is 4.37. The van der Waals surface area contributed by atoms with Crippen molar-refractivity contribution in [1.82, 2.24) is 14.6 Å². The molecule has 9 heteroatoms. The molecule has 0 spiro atoms. The van der Waals surface area contributed by atoms with Crippen molar-refractivity contribution in [1.29, 1.82) is 0 Å². The van der Waals surface area contributed by atoms with Crippen LogP contribution in [0.15, 0.2) is 66.9 Å². The second kappa shape index (κ2) is 7.51. The Morgan fingerprint density at radius 1 is 1.07 bits per heavy atom. The molecular formula is C21H15F3N4O2. The van der Waals surface area contributed by atoms with Crippen molar-refractivity contribution in [2.24, 2.45) is 0 Å². The number of carbonyl (C=O) groups excluding carboxylic acids is 1. The number of halogens is 3. The highest BCUT2D eigenvalue weighted by molar-refractivity contribution is 6.04.